The molecule has 1 unspecified atom stereocenters. The maximum absolute atomic E-state index is 5.54. The van der Waals surface area contributed by atoms with E-state index in [4.69, 9.17) is 8.94 Å². The van der Waals surface area contributed by atoms with E-state index in [9.17, 15) is 0 Å². The van der Waals surface area contributed by atoms with Gasteiger partial charge in [-0.05, 0) is 31.2 Å². The van der Waals surface area contributed by atoms with Crippen LogP contribution >= 0.6 is 11.8 Å². The molecule has 0 amide bonds. The highest BCUT2D eigenvalue weighted by molar-refractivity contribution is 7.99. The van der Waals surface area contributed by atoms with Crippen molar-refractivity contribution in [1.82, 2.24) is 24.9 Å². The van der Waals surface area contributed by atoms with E-state index in [1.807, 2.05) is 67.8 Å². The number of hydrogen-bond acceptors (Lipinski definition) is 7. The standard InChI is InChI=1S/C19H19N5O2S/c1-12(2)16-20-18(26-23-16)13(3)27-19-22-21-17(15-10-7-11-25-15)24(19)14-8-5-4-6-9-14/h4-13H,1-3H3. The normalized spacial score (nSPS) is 12.6. The number of furan rings is 1. The van der Waals surface area contributed by atoms with E-state index in [-0.39, 0.29) is 11.2 Å². The Morgan fingerprint density at radius 1 is 1.00 bits per heavy atom. The maximum atomic E-state index is 5.54. The molecule has 0 aliphatic heterocycles. The van der Waals surface area contributed by atoms with Gasteiger partial charge in [0.2, 0.25) is 11.7 Å². The lowest BCUT2D eigenvalue weighted by Gasteiger charge is -2.10. The summed E-state index contributed by atoms with van der Waals surface area (Å²) in [4.78, 5) is 4.49. The maximum Gasteiger partial charge on any atom is 0.239 e. The van der Waals surface area contributed by atoms with Crippen LogP contribution in [0.4, 0.5) is 0 Å². The van der Waals surface area contributed by atoms with Crippen LogP contribution in [0.5, 0.6) is 0 Å². The van der Waals surface area contributed by atoms with Gasteiger partial charge in [-0.3, -0.25) is 4.57 Å². The third kappa shape index (κ3) is 3.52. The molecule has 1 atom stereocenters. The Hall–Kier alpha value is -2.87. The van der Waals surface area contributed by atoms with E-state index in [0.29, 0.717) is 23.3 Å². The number of para-hydroxylation sites is 1. The van der Waals surface area contributed by atoms with Crippen LogP contribution in [0.3, 0.4) is 0 Å². The predicted octanol–water partition coefficient (Wildman–Crippen LogP) is 4.89. The van der Waals surface area contributed by atoms with Gasteiger partial charge >= 0.3 is 0 Å². The van der Waals surface area contributed by atoms with Gasteiger partial charge in [0.25, 0.3) is 0 Å². The van der Waals surface area contributed by atoms with Gasteiger partial charge in [-0.1, -0.05) is 49.0 Å². The molecule has 138 valence electrons. The molecular formula is C19H19N5O2S. The minimum Gasteiger partial charge on any atom is -0.461 e. The van der Waals surface area contributed by atoms with E-state index in [0.717, 1.165) is 10.8 Å². The largest absolute Gasteiger partial charge is 0.461 e. The Morgan fingerprint density at radius 2 is 1.81 bits per heavy atom. The molecule has 1 aromatic carbocycles. The van der Waals surface area contributed by atoms with Gasteiger partial charge in [0.1, 0.15) is 0 Å². The van der Waals surface area contributed by atoms with E-state index in [1.165, 1.54) is 11.8 Å². The van der Waals surface area contributed by atoms with Gasteiger partial charge in [-0.25, -0.2) is 0 Å². The summed E-state index contributed by atoms with van der Waals surface area (Å²) in [5.74, 6) is 2.81. The van der Waals surface area contributed by atoms with E-state index < -0.39 is 0 Å². The molecule has 0 bridgehead atoms. The van der Waals surface area contributed by atoms with Crippen LogP contribution in [0.2, 0.25) is 0 Å². The number of rotatable bonds is 6. The topological polar surface area (TPSA) is 82.8 Å². The molecular weight excluding hydrogens is 362 g/mol. The fraction of sp³-hybridized carbons (Fsp3) is 0.263. The summed E-state index contributed by atoms with van der Waals surface area (Å²) < 4.78 is 12.9. The molecule has 0 saturated carbocycles. The minimum atomic E-state index is -0.0684. The summed E-state index contributed by atoms with van der Waals surface area (Å²) in [5.41, 5.74) is 0.956. The molecule has 3 aromatic heterocycles. The lowest BCUT2D eigenvalue weighted by Crippen LogP contribution is -2.00. The van der Waals surface area contributed by atoms with Crippen molar-refractivity contribution >= 4 is 11.8 Å². The highest BCUT2D eigenvalue weighted by atomic mass is 32.2. The Morgan fingerprint density at radius 3 is 2.48 bits per heavy atom. The second-order valence-corrected chi connectivity index (χ2v) is 7.67. The Labute approximate surface area is 160 Å². The summed E-state index contributed by atoms with van der Waals surface area (Å²) in [5, 5.41) is 13.4. The van der Waals surface area contributed by atoms with Crippen LogP contribution in [0.25, 0.3) is 17.3 Å². The zero-order valence-electron chi connectivity index (χ0n) is 15.2. The number of hydrogen-bond donors (Lipinski definition) is 0. The number of benzene rings is 1. The fourth-order valence-electron chi connectivity index (χ4n) is 2.58. The lowest BCUT2D eigenvalue weighted by atomic mass is 10.2. The summed E-state index contributed by atoms with van der Waals surface area (Å²) in [6.07, 6.45) is 1.63. The second-order valence-electron chi connectivity index (χ2n) is 6.36. The smallest absolute Gasteiger partial charge is 0.239 e. The molecule has 27 heavy (non-hydrogen) atoms. The molecule has 7 nitrogen and oxygen atoms in total. The first-order valence-electron chi connectivity index (χ1n) is 8.68. The van der Waals surface area contributed by atoms with Crippen molar-refractivity contribution in [2.24, 2.45) is 0 Å². The molecule has 0 fully saturated rings. The van der Waals surface area contributed by atoms with Crippen molar-refractivity contribution in [2.45, 2.75) is 37.1 Å². The summed E-state index contributed by atoms with van der Waals surface area (Å²) in [6.45, 7) is 6.08. The average Bonchev–Trinajstić information content (AvgIpc) is 3.42. The molecule has 4 rings (SSSR count). The highest BCUT2D eigenvalue weighted by Crippen LogP contribution is 2.36. The highest BCUT2D eigenvalue weighted by Gasteiger charge is 2.23. The van der Waals surface area contributed by atoms with Crippen LogP contribution in [-0.4, -0.2) is 24.9 Å². The van der Waals surface area contributed by atoms with Crippen molar-refractivity contribution in [1.29, 1.82) is 0 Å². The molecule has 0 radical (unpaired) electrons. The first-order chi connectivity index (χ1) is 13.1. The van der Waals surface area contributed by atoms with Crippen molar-refractivity contribution in [3.05, 3.63) is 60.4 Å². The Kier molecular flexibility index (Phi) is 4.81. The Bertz CT molecular complexity index is 1010. The van der Waals surface area contributed by atoms with Gasteiger partial charge in [0.05, 0.1) is 11.5 Å². The molecule has 0 aliphatic carbocycles. The minimum absolute atomic E-state index is 0.0684. The quantitative estimate of drug-likeness (QED) is 0.440. The van der Waals surface area contributed by atoms with Crippen molar-refractivity contribution in [3.8, 4) is 17.3 Å². The summed E-state index contributed by atoms with van der Waals surface area (Å²) in [6, 6.07) is 13.6. The lowest BCUT2D eigenvalue weighted by molar-refractivity contribution is 0.373. The van der Waals surface area contributed by atoms with E-state index in [1.54, 1.807) is 6.26 Å². The van der Waals surface area contributed by atoms with Crippen molar-refractivity contribution in [2.75, 3.05) is 0 Å². The van der Waals surface area contributed by atoms with Crippen LogP contribution in [0.1, 0.15) is 43.7 Å². The van der Waals surface area contributed by atoms with Crippen molar-refractivity contribution in [3.63, 3.8) is 0 Å². The average molecular weight is 381 g/mol. The molecule has 0 N–H and O–H groups in total. The fourth-order valence-corrected chi connectivity index (χ4v) is 3.47. The van der Waals surface area contributed by atoms with Gasteiger partial charge in [-0.15, -0.1) is 10.2 Å². The first-order valence-corrected chi connectivity index (χ1v) is 9.56. The third-order valence-electron chi connectivity index (χ3n) is 3.99. The molecule has 3 heterocycles. The molecule has 0 aliphatic rings. The number of thioether (sulfide) groups is 1. The van der Waals surface area contributed by atoms with Crippen LogP contribution in [-0.2, 0) is 0 Å². The molecule has 8 heteroatoms. The molecule has 4 aromatic rings. The third-order valence-corrected chi connectivity index (χ3v) is 5.02. The van der Waals surface area contributed by atoms with Crippen LogP contribution < -0.4 is 0 Å². The molecule has 0 spiro atoms. The zero-order chi connectivity index (χ0) is 18.8. The van der Waals surface area contributed by atoms with Gasteiger partial charge in [0.15, 0.2) is 16.7 Å². The molecule has 0 saturated heterocycles. The SMILES string of the molecule is CC(C)c1noc(C(C)Sc2nnc(-c3ccco3)n2-c2ccccc2)n1. The summed E-state index contributed by atoms with van der Waals surface area (Å²) >= 11 is 1.51. The number of aromatic nitrogens is 5. The van der Waals surface area contributed by atoms with Gasteiger partial charge in [-0.2, -0.15) is 4.98 Å². The monoisotopic (exact) mass is 381 g/mol. The number of nitrogens with zero attached hydrogens (tertiary/aromatic N) is 5. The first kappa shape index (κ1) is 17.5. The van der Waals surface area contributed by atoms with Crippen LogP contribution in [0, 0.1) is 0 Å². The van der Waals surface area contributed by atoms with E-state index >= 15 is 0 Å². The second kappa shape index (κ2) is 7.40. The predicted molar refractivity (Wildman–Crippen MR) is 102 cm³/mol. The Balaban J connectivity index is 1.70. The van der Waals surface area contributed by atoms with Gasteiger partial charge < -0.3 is 8.94 Å². The van der Waals surface area contributed by atoms with Crippen LogP contribution in [0.15, 0.2) is 62.8 Å². The zero-order valence-corrected chi connectivity index (χ0v) is 16.1. The van der Waals surface area contributed by atoms with Gasteiger partial charge in [0, 0.05) is 11.6 Å². The summed E-state index contributed by atoms with van der Waals surface area (Å²) in [7, 11) is 0. The van der Waals surface area contributed by atoms with Crippen molar-refractivity contribution < 1.29 is 8.94 Å². The van der Waals surface area contributed by atoms with E-state index in [2.05, 4.69) is 20.3 Å².